The summed E-state index contributed by atoms with van der Waals surface area (Å²) in [7, 11) is 0. The summed E-state index contributed by atoms with van der Waals surface area (Å²) in [5.74, 6) is -1.63. The van der Waals surface area contributed by atoms with Gasteiger partial charge in [-0.3, -0.25) is 9.59 Å². The Morgan fingerprint density at radius 1 is 1.09 bits per heavy atom. The van der Waals surface area contributed by atoms with Gasteiger partial charge < -0.3 is 25.5 Å². The molecule has 0 fully saturated rings. The van der Waals surface area contributed by atoms with Crippen molar-refractivity contribution in [3.05, 3.63) is 77.4 Å². The van der Waals surface area contributed by atoms with Gasteiger partial charge in [-0.1, -0.05) is 48.5 Å². The van der Waals surface area contributed by atoms with Gasteiger partial charge in [0.25, 0.3) is 0 Å². The normalized spacial score (nSPS) is 12.9. The summed E-state index contributed by atoms with van der Waals surface area (Å²) in [6.07, 6.45) is 1.02. The van der Waals surface area contributed by atoms with Crippen molar-refractivity contribution in [1.82, 2.24) is 20.6 Å². The minimum atomic E-state index is -1.05. The number of hydrogen-bond acceptors (Lipinski definition) is 5. The van der Waals surface area contributed by atoms with E-state index in [1.807, 2.05) is 55.5 Å². The molecule has 1 aliphatic carbocycles. The average molecular weight is 477 g/mol. The molecule has 2 aromatic carbocycles. The second kappa shape index (κ2) is 10.9. The molecule has 0 radical (unpaired) electrons. The number of carbonyl (C=O) groups excluding carboxylic acids is 2. The van der Waals surface area contributed by atoms with Crippen molar-refractivity contribution in [3.8, 4) is 11.1 Å². The first kappa shape index (κ1) is 24.0. The number of aryl methyl sites for hydroxylation is 1. The number of benzene rings is 2. The third-order valence-corrected chi connectivity index (χ3v) is 6.19. The number of aromatic nitrogens is 2. The fraction of sp³-hybridized carbons (Fsp3) is 0.308. The third kappa shape index (κ3) is 5.68. The highest BCUT2D eigenvalue weighted by atomic mass is 16.5. The molecule has 4 N–H and O–H groups in total. The highest BCUT2D eigenvalue weighted by Gasteiger charge is 2.30. The molecule has 35 heavy (non-hydrogen) atoms. The van der Waals surface area contributed by atoms with Crippen LogP contribution in [0.25, 0.3) is 11.1 Å². The number of carboxylic acid groups (broad SMARTS) is 1. The minimum absolute atomic E-state index is 0.0488. The molecule has 3 aromatic rings. The molecule has 0 aliphatic heterocycles. The molecule has 1 aliphatic rings. The quantitative estimate of drug-likeness (QED) is 0.355. The van der Waals surface area contributed by atoms with E-state index in [-0.39, 0.29) is 25.4 Å². The third-order valence-electron chi connectivity index (χ3n) is 6.19. The average Bonchev–Trinajstić information content (AvgIpc) is 3.41. The van der Waals surface area contributed by atoms with Crippen LogP contribution in [0.5, 0.6) is 0 Å². The van der Waals surface area contributed by atoms with E-state index in [0.717, 1.165) is 33.6 Å². The Kier molecular flexibility index (Phi) is 7.45. The molecule has 0 spiro atoms. The molecule has 182 valence electrons. The largest absolute Gasteiger partial charge is 0.481 e. The highest BCUT2D eigenvalue weighted by molar-refractivity contribution is 5.86. The Morgan fingerprint density at radius 3 is 2.34 bits per heavy atom. The van der Waals surface area contributed by atoms with Gasteiger partial charge in [-0.25, -0.2) is 9.78 Å². The zero-order valence-electron chi connectivity index (χ0n) is 19.4. The topological polar surface area (TPSA) is 133 Å². The van der Waals surface area contributed by atoms with Gasteiger partial charge >= 0.3 is 12.1 Å². The Hall–Kier alpha value is -4.14. The highest BCUT2D eigenvalue weighted by Crippen LogP contribution is 2.44. The summed E-state index contributed by atoms with van der Waals surface area (Å²) in [5, 5.41) is 14.3. The van der Waals surface area contributed by atoms with Crippen molar-refractivity contribution >= 4 is 18.0 Å². The summed E-state index contributed by atoms with van der Waals surface area (Å²) in [6, 6.07) is 15.0. The molecule has 2 amide bonds. The van der Waals surface area contributed by atoms with Crippen LogP contribution in [0.15, 0.2) is 54.9 Å². The Balaban J connectivity index is 1.36. The molecular weight excluding hydrogens is 448 g/mol. The van der Waals surface area contributed by atoms with Gasteiger partial charge in [0.15, 0.2) is 0 Å². The zero-order chi connectivity index (χ0) is 24.8. The number of nitrogens with zero attached hydrogens (tertiary/aromatic N) is 1. The molecular formula is C26H28N4O5. The maximum Gasteiger partial charge on any atom is 0.407 e. The van der Waals surface area contributed by atoms with Crippen LogP contribution < -0.4 is 10.6 Å². The zero-order valence-corrected chi connectivity index (χ0v) is 19.4. The predicted octanol–water partition coefficient (Wildman–Crippen LogP) is 3.15. The fourth-order valence-corrected chi connectivity index (χ4v) is 4.39. The van der Waals surface area contributed by atoms with E-state index < -0.39 is 24.0 Å². The molecule has 1 atom stereocenters. The molecule has 9 heteroatoms. The van der Waals surface area contributed by atoms with E-state index in [1.54, 1.807) is 6.33 Å². The number of amides is 2. The van der Waals surface area contributed by atoms with Gasteiger partial charge in [0, 0.05) is 31.0 Å². The number of H-pyrrole nitrogens is 1. The summed E-state index contributed by atoms with van der Waals surface area (Å²) < 4.78 is 5.51. The number of carbonyl (C=O) groups is 3. The van der Waals surface area contributed by atoms with Crippen molar-refractivity contribution < 1.29 is 24.2 Å². The van der Waals surface area contributed by atoms with Crippen LogP contribution in [-0.4, -0.2) is 52.2 Å². The van der Waals surface area contributed by atoms with Crippen molar-refractivity contribution in [2.75, 3.05) is 13.2 Å². The standard InChI is InChI=1S/C26H28N4O5/c1-16-22(29-15-28-16)12-13-27-25(33)23(10-11-24(31)32)30-26(34)35-14-21-19-8-4-2-6-17(19)18-7-3-5-9-20(18)21/h2-9,15,21,23H,10-14H2,1H3,(H,27,33)(H,28,29)(H,30,34)(H,31,32). The van der Waals surface area contributed by atoms with E-state index in [9.17, 15) is 14.4 Å². The predicted molar refractivity (Wildman–Crippen MR) is 129 cm³/mol. The van der Waals surface area contributed by atoms with Gasteiger partial charge in [-0.05, 0) is 35.6 Å². The maximum atomic E-state index is 12.7. The number of alkyl carbamates (subject to hydrolysis) is 1. The minimum Gasteiger partial charge on any atom is -0.481 e. The smallest absolute Gasteiger partial charge is 0.407 e. The molecule has 0 saturated heterocycles. The second-order valence-electron chi connectivity index (χ2n) is 8.47. The Bertz CT molecular complexity index is 1180. The van der Waals surface area contributed by atoms with Crippen LogP contribution in [0.4, 0.5) is 4.79 Å². The van der Waals surface area contributed by atoms with Gasteiger partial charge in [0.05, 0.1) is 12.0 Å². The van der Waals surface area contributed by atoms with Crippen LogP contribution in [0.1, 0.15) is 41.3 Å². The molecule has 4 rings (SSSR count). The van der Waals surface area contributed by atoms with Gasteiger partial charge in [-0.2, -0.15) is 0 Å². The molecule has 0 bridgehead atoms. The first-order valence-corrected chi connectivity index (χ1v) is 11.5. The number of imidazole rings is 1. The lowest BCUT2D eigenvalue weighted by atomic mass is 9.98. The summed E-state index contributed by atoms with van der Waals surface area (Å²) in [5.41, 5.74) is 6.13. The van der Waals surface area contributed by atoms with Crippen LogP contribution >= 0.6 is 0 Å². The molecule has 1 heterocycles. The molecule has 1 unspecified atom stereocenters. The number of fused-ring (bicyclic) bond motifs is 3. The monoisotopic (exact) mass is 476 g/mol. The summed E-state index contributed by atoms with van der Waals surface area (Å²) in [6.45, 7) is 2.30. The lowest BCUT2D eigenvalue weighted by molar-refractivity contribution is -0.137. The van der Waals surface area contributed by atoms with Gasteiger partial charge in [0.2, 0.25) is 5.91 Å². The lowest BCUT2D eigenvalue weighted by Crippen LogP contribution is -2.47. The summed E-state index contributed by atoms with van der Waals surface area (Å²) in [4.78, 5) is 43.5. The van der Waals surface area contributed by atoms with Crippen molar-refractivity contribution in [2.24, 2.45) is 0 Å². The number of aliphatic carboxylic acids is 1. The Labute approximate surface area is 202 Å². The lowest BCUT2D eigenvalue weighted by Gasteiger charge is -2.19. The number of ether oxygens (including phenoxy) is 1. The maximum absolute atomic E-state index is 12.7. The van der Waals surface area contributed by atoms with Crippen LogP contribution in [0.3, 0.4) is 0 Å². The number of aromatic amines is 1. The van der Waals surface area contributed by atoms with E-state index in [1.165, 1.54) is 0 Å². The fourth-order valence-electron chi connectivity index (χ4n) is 4.39. The SMILES string of the molecule is Cc1[nH]cnc1CCNC(=O)C(CCC(=O)O)NC(=O)OCC1c2ccccc2-c2ccccc21. The van der Waals surface area contributed by atoms with Crippen LogP contribution in [0.2, 0.25) is 0 Å². The van der Waals surface area contributed by atoms with Crippen LogP contribution in [0, 0.1) is 6.92 Å². The first-order valence-electron chi connectivity index (χ1n) is 11.5. The van der Waals surface area contributed by atoms with E-state index >= 15 is 0 Å². The van der Waals surface area contributed by atoms with Crippen LogP contribution in [-0.2, 0) is 20.7 Å². The summed E-state index contributed by atoms with van der Waals surface area (Å²) >= 11 is 0. The number of rotatable bonds is 10. The van der Waals surface area contributed by atoms with Crippen molar-refractivity contribution in [2.45, 2.75) is 38.1 Å². The Morgan fingerprint density at radius 2 is 1.74 bits per heavy atom. The van der Waals surface area contributed by atoms with E-state index in [4.69, 9.17) is 9.84 Å². The van der Waals surface area contributed by atoms with E-state index in [2.05, 4.69) is 20.6 Å². The van der Waals surface area contributed by atoms with E-state index in [0.29, 0.717) is 13.0 Å². The van der Waals surface area contributed by atoms with Gasteiger partial charge in [0.1, 0.15) is 12.6 Å². The molecule has 1 aromatic heterocycles. The second-order valence-corrected chi connectivity index (χ2v) is 8.47. The number of nitrogens with one attached hydrogen (secondary N) is 3. The molecule has 0 saturated carbocycles. The number of hydrogen-bond donors (Lipinski definition) is 4. The van der Waals surface area contributed by atoms with Gasteiger partial charge in [-0.15, -0.1) is 0 Å². The molecule has 9 nitrogen and oxygen atoms in total. The van der Waals surface area contributed by atoms with Crippen molar-refractivity contribution in [1.29, 1.82) is 0 Å². The van der Waals surface area contributed by atoms with Crippen molar-refractivity contribution in [3.63, 3.8) is 0 Å². The first-order chi connectivity index (χ1) is 16.9. The number of carboxylic acids is 1.